The average molecular weight is 465 g/mol. The van der Waals surface area contributed by atoms with Crippen molar-refractivity contribution in [1.29, 1.82) is 0 Å². The normalized spacial score (nSPS) is 38.4. The average Bonchev–Trinajstić information content (AvgIpc) is 2.86. The first kappa shape index (κ1) is 16.2. The van der Waals surface area contributed by atoms with Crippen LogP contribution in [0.25, 0.3) is 0 Å². The van der Waals surface area contributed by atoms with Gasteiger partial charge in [-0.3, -0.25) is 0 Å². The van der Waals surface area contributed by atoms with Gasteiger partial charge in [-0.2, -0.15) is 0 Å². The topological polar surface area (TPSA) is 18.5 Å². The molecule has 0 unspecified atom stereocenters. The highest BCUT2D eigenvalue weighted by atomic mass is 127. The van der Waals surface area contributed by atoms with Gasteiger partial charge < -0.3 is 9.47 Å². The molecule has 0 amide bonds. The molecule has 2 bridgehead atoms. The molecule has 3 rings (SSSR count). The number of hydrogen-bond acceptors (Lipinski definition) is 2. The Bertz CT molecular complexity index is 535. The molecule has 0 aromatic heterocycles. The van der Waals surface area contributed by atoms with Crippen molar-refractivity contribution in [3.05, 3.63) is 34.3 Å². The highest BCUT2D eigenvalue weighted by Gasteiger charge is 2.65. The molecule has 2 nitrogen and oxygen atoms in total. The molecule has 0 radical (unpaired) electrons. The Kier molecular flexibility index (Phi) is 4.45. The molecule has 4 atom stereocenters. The van der Waals surface area contributed by atoms with Crippen LogP contribution in [0.3, 0.4) is 0 Å². The maximum absolute atomic E-state index is 6.51. The van der Waals surface area contributed by atoms with E-state index in [2.05, 4.69) is 77.5 Å². The monoisotopic (exact) mass is 464 g/mol. The summed E-state index contributed by atoms with van der Waals surface area (Å²) in [5.41, 5.74) is 1.07. The third-order valence-corrected chi connectivity index (χ3v) is 7.37. The van der Waals surface area contributed by atoms with E-state index in [0.717, 1.165) is 17.3 Å². The van der Waals surface area contributed by atoms with Crippen LogP contribution in [-0.4, -0.2) is 21.2 Å². The Morgan fingerprint density at radius 1 is 1.38 bits per heavy atom. The molecule has 4 heteroatoms. The van der Waals surface area contributed by atoms with Gasteiger partial charge in [0.15, 0.2) is 0 Å². The Labute approximate surface area is 149 Å². The Hall–Kier alpha value is 0.350. The highest BCUT2D eigenvalue weighted by molar-refractivity contribution is 14.1. The third-order valence-electron chi connectivity index (χ3n) is 5.10. The Morgan fingerprint density at radius 3 is 2.71 bits per heavy atom. The summed E-state index contributed by atoms with van der Waals surface area (Å²) in [5.74, 6) is 0.526. The first-order chi connectivity index (χ1) is 9.87. The predicted octanol–water partition coefficient (Wildman–Crippen LogP) is 5.12. The van der Waals surface area contributed by atoms with Crippen LogP contribution in [0, 0.1) is 5.92 Å². The fourth-order valence-electron chi connectivity index (χ4n) is 3.70. The molecule has 1 aromatic rings. The quantitative estimate of drug-likeness (QED) is 0.455. The number of ether oxygens (including phenoxy) is 2. The minimum absolute atomic E-state index is 0.00605. The predicted molar refractivity (Wildman–Crippen MR) is 96.8 cm³/mol. The van der Waals surface area contributed by atoms with Crippen molar-refractivity contribution in [1.82, 2.24) is 0 Å². The van der Waals surface area contributed by atoms with Gasteiger partial charge in [0.25, 0.3) is 0 Å². The van der Waals surface area contributed by atoms with Crippen LogP contribution in [0.2, 0.25) is 0 Å². The minimum atomic E-state index is -0.128. The van der Waals surface area contributed by atoms with E-state index in [1.165, 1.54) is 5.56 Å². The van der Waals surface area contributed by atoms with Crippen molar-refractivity contribution < 1.29 is 9.47 Å². The van der Waals surface area contributed by atoms with Crippen molar-refractivity contribution in [3.8, 4) is 0 Å². The summed E-state index contributed by atoms with van der Waals surface area (Å²) in [4.78, 5) is 0. The zero-order valence-electron chi connectivity index (χ0n) is 12.7. The lowest BCUT2D eigenvalue weighted by molar-refractivity contribution is -0.0954. The fourth-order valence-corrected chi connectivity index (χ4v) is 6.07. The largest absolute Gasteiger partial charge is 0.370 e. The van der Waals surface area contributed by atoms with Crippen molar-refractivity contribution in [2.45, 2.75) is 61.5 Å². The maximum Gasteiger partial charge on any atom is 0.0935 e. The molecule has 0 spiro atoms. The first-order valence-corrected chi connectivity index (χ1v) is 9.60. The van der Waals surface area contributed by atoms with Crippen LogP contribution in [-0.2, 0) is 16.1 Å². The SMILES string of the molecule is CC(C)[C@@]12C[C@H](OCc3ccccc3Br)[C@@](C)(C[C@H]1I)O2. The van der Waals surface area contributed by atoms with Gasteiger partial charge in [-0.05, 0) is 30.9 Å². The zero-order valence-corrected chi connectivity index (χ0v) is 16.5. The van der Waals surface area contributed by atoms with Crippen molar-refractivity contribution in [2.24, 2.45) is 5.92 Å². The lowest BCUT2D eigenvalue weighted by atomic mass is 9.75. The van der Waals surface area contributed by atoms with Gasteiger partial charge in [-0.25, -0.2) is 0 Å². The van der Waals surface area contributed by atoms with E-state index in [4.69, 9.17) is 9.47 Å². The number of fused-ring (bicyclic) bond motifs is 2. The first-order valence-electron chi connectivity index (χ1n) is 7.57. The summed E-state index contributed by atoms with van der Waals surface area (Å²) in [7, 11) is 0. The summed E-state index contributed by atoms with van der Waals surface area (Å²) in [6.45, 7) is 7.41. The van der Waals surface area contributed by atoms with Crippen molar-refractivity contribution >= 4 is 38.5 Å². The van der Waals surface area contributed by atoms with E-state index in [9.17, 15) is 0 Å². The standard InChI is InChI=1S/C17H22BrIO2/c1-11(2)17-9-15(16(3,21-17)8-14(17)19)20-10-12-6-4-5-7-13(12)18/h4-7,11,14-15H,8-10H2,1-3H3/t14-,15+,16-,17+/m1/s1. The number of alkyl halides is 1. The molecule has 116 valence electrons. The van der Waals surface area contributed by atoms with Crippen LogP contribution in [0.4, 0.5) is 0 Å². The van der Waals surface area contributed by atoms with Gasteiger partial charge in [0.05, 0.1) is 23.9 Å². The van der Waals surface area contributed by atoms with Gasteiger partial charge in [0.2, 0.25) is 0 Å². The molecule has 0 saturated carbocycles. The molecule has 2 aliphatic rings. The van der Waals surface area contributed by atoms with Gasteiger partial charge in [0, 0.05) is 14.8 Å². The van der Waals surface area contributed by atoms with Crippen LogP contribution < -0.4 is 0 Å². The number of hydrogen-bond donors (Lipinski definition) is 0. The van der Waals surface area contributed by atoms with Gasteiger partial charge in [0.1, 0.15) is 0 Å². The van der Waals surface area contributed by atoms with E-state index in [1.54, 1.807) is 0 Å². The molecule has 2 fully saturated rings. The third kappa shape index (κ3) is 2.70. The van der Waals surface area contributed by atoms with Crippen LogP contribution in [0.5, 0.6) is 0 Å². The molecule has 0 N–H and O–H groups in total. The second kappa shape index (κ2) is 5.77. The van der Waals surface area contributed by atoms with E-state index in [0.29, 0.717) is 16.4 Å². The van der Waals surface area contributed by atoms with Gasteiger partial charge >= 0.3 is 0 Å². The Morgan fingerprint density at radius 2 is 2.10 bits per heavy atom. The highest BCUT2D eigenvalue weighted by Crippen LogP contribution is 2.57. The second-order valence-corrected chi connectivity index (χ2v) is 9.15. The van der Waals surface area contributed by atoms with E-state index >= 15 is 0 Å². The summed E-state index contributed by atoms with van der Waals surface area (Å²) in [5, 5.41) is 0. The second-order valence-electron chi connectivity index (χ2n) is 6.79. The molecule has 21 heavy (non-hydrogen) atoms. The van der Waals surface area contributed by atoms with Crippen LogP contribution in [0.15, 0.2) is 28.7 Å². The molecular formula is C17H22BrIO2. The molecule has 1 aromatic carbocycles. The lowest BCUT2D eigenvalue weighted by Gasteiger charge is -2.35. The molecule has 0 aliphatic carbocycles. The van der Waals surface area contributed by atoms with E-state index in [1.807, 2.05) is 6.07 Å². The summed E-state index contributed by atoms with van der Waals surface area (Å²) in [6, 6.07) is 8.26. The number of halogens is 2. The summed E-state index contributed by atoms with van der Waals surface area (Å²) >= 11 is 6.16. The zero-order chi connectivity index (χ0) is 15.3. The van der Waals surface area contributed by atoms with Crippen LogP contribution >= 0.6 is 38.5 Å². The molecule has 2 saturated heterocycles. The molecule has 2 aliphatic heterocycles. The molecule has 2 heterocycles. The van der Waals surface area contributed by atoms with Crippen LogP contribution in [0.1, 0.15) is 39.2 Å². The molecular weight excluding hydrogens is 443 g/mol. The lowest BCUT2D eigenvalue weighted by Crippen LogP contribution is -2.44. The smallest absolute Gasteiger partial charge is 0.0935 e. The van der Waals surface area contributed by atoms with E-state index in [-0.39, 0.29) is 17.3 Å². The van der Waals surface area contributed by atoms with Gasteiger partial charge in [-0.15, -0.1) is 0 Å². The van der Waals surface area contributed by atoms with E-state index < -0.39 is 0 Å². The maximum atomic E-state index is 6.51. The summed E-state index contributed by atoms with van der Waals surface area (Å²) in [6.07, 6.45) is 2.30. The van der Waals surface area contributed by atoms with Gasteiger partial charge in [-0.1, -0.05) is 70.6 Å². The summed E-state index contributed by atoms with van der Waals surface area (Å²) < 4.78 is 14.5. The minimum Gasteiger partial charge on any atom is -0.370 e. The van der Waals surface area contributed by atoms with Crippen molar-refractivity contribution in [3.63, 3.8) is 0 Å². The Balaban J connectivity index is 1.73. The number of rotatable bonds is 4. The van der Waals surface area contributed by atoms with Crippen molar-refractivity contribution in [2.75, 3.05) is 0 Å². The number of benzene rings is 1. The fraction of sp³-hybridized carbons (Fsp3) is 0.647.